The fourth-order valence-electron chi connectivity index (χ4n) is 1.41. The van der Waals surface area contributed by atoms with Crippen LogP contribution in [0.5, 0.6) is 0 Å². The number of carbonyl (C=O) groups is 2. The number of thiol groups is 1. The molecule has 0 heterocycles. The fourth-order valence-corrected chi connectivity index (χ4v) is 1.71. The van der Waals surface area contributed by atoms with Crippen LogP contribution in [0.15, 0.2) is 30.3 Å². The molecule has 0 saturated heterocycles. The summed E-state index contributed by atoms with van der Waals surface area (Å²) in [5.41, 5.74) is 6.07. The van der Waals surface area contributed by atoms with Crippen molar-refractivity contribution in [2.24, 2.45) is 5.73 Å². The molecular formula is C12H16N2O2S. The van der Waals surface area contributed by atoms with Crippen molar-refractivity contribution in [2.75, 3.05) is 6.54 Å². The van der Waals surface area contributed by atoms with E-state index in [0.717, 1.165) is 12.0 Å². The van der Waals surface area contributed by atoms with Gasteiger partial charge in [-0.05, 0) is 12.0 Å². The van der Waals surface area contributed by atoms with Crippen molar-refractivity contribution >= 4 is 24.4 Å². The van der Waals surface area contributed by atoms with E-state index >= 15 is 0 Å². The lowest BCUT2D eigenvalue weighted by atomic mass is 10.1. The number of hydrogen-bond donors (Lipinski definition) is 3. The van der Waals surface area contributed by atoms with Crippen LogP contribution in [0.1, 0.15) is 12.0 Å². The van der Waals surface area contributed by atoms with E-state index < -0.39 is 5.91 Å². The first-order chi connectivity index (χ1) is 8.08. The number of rotatable bonds is 6. The van der Waals surface area contributed by atoms with E-state index in [1.807, 2.05) is 30.3 Å². The summed E-state index contributed by atoms with van der Waals surface area (Å²) in [6.45, 7) is 0.421. The predicted molar refractivity (Wildman–Crippen MR) is 69.7 cm³/mol. The minimum Gasteiger partial charge on any atom is -0.369 e. The van der Waals surface area contributed by atoms with Crippen LogP contribution < -0.4 is 11.1 Å². The van der Waals surface area contributed by atoms with Gasteiger partial charge in [0.25, 0.3) is 0 Å². The van der Waals surface area contributed by atoms with Gasteiger partial charge in [-0.25, -0.2) is 0 Å². The van der Waals surface area contributed by atoms with Crippen LogP contribution in [-0.2, 0) is 16.0 Å². The second-order valence-corrected chi connectivity index (χ2v) is 4.52. The van der Waals surface area contributed by atoms with Crippen LogP contribution in [0.25, 0.3) is 0 Å². The van der Waals surface area contributed by atoms with E-state index in [0.29, 0.717) is 6.54 Å². The molecule has 0 aliphatic rings. The Hall–Kier alpha value is -1.49. The normalized spacial score (nSPS) is 11.8. The Balaban J connectivity index is 2.28. The van der Waals surface area contributed by atoms with Crippen LogP contribution in [-0.4, -0.2) is 23.6 Å². The molecule has 0 unspecified atom stereocenters. The van der Waals surface area contributed by atoms with E-state index in [9.17, 15) is 9.59 Å². The second-order valence-electron chi connectivity index (χ2n) is 3.79. The molecule has 1 rings (SSSR count). The van der Waals surface area contributed by atoms with E-state index in [1.54, 1.807) is 0 Å². The minimum absolute atomic E-state index is 0.0224. The van der Waals surface area contributed by atoms with Crippen molar-refractivity contribution in [3.63, 3.8) is 0 Å². The Labute approximate surface area is 106 Å². The van der Waals surface area contributed by atoms with Crippen LogP contribution >= 0.6 is 12.6 Å². The molecule has 0 saturated carbocycles. The van der Waals surface area contributed by atoms with Crippen LogP contribution in [0.4, 0.5) is 0 Å². The third-order valence-corrected chi connectivity index (χ3v) is 2.55. The molecule has 1 aromatic carbocycles. The highest BCUT2D eigenvalue weighted by Crippen LogP contribution is 2.06. The SMILES string of the molecule is NC(=O)CC(=O)NC[C@@H](S)Cc1ccccc1. The topological polar surface area (TPSA) is 72.2 Å². The predicted octanol–water partition coefficient (Wildman–Crippen LogP) is 0.519. The third-order valence-electron chi connectivity index (χ3n) is 2.18. The van der Waals surface area contributed by atoms with Gasteiger partial charge in [0, 0.05) is 11.8 Å². The van der Waals surface area contributed by atoms with Crippen LogP contribution in [0.2, 0.25) is 0 Å². The summed E-state index contributed by atoms with van der Waals surface area (Å²) in [5.74, 6) is -0.981. The lowest BCUT2D eigenvalue weighted by Crippen LogP contribution is -2.33. The molecule has 0 aliphatic carbocycles. The molecule has 1 atom stereocenters. The van der Waals surface area contributed by atoms with E-state index in [4.69, 9.17) is 5.73 Å². The summed E-state index contributed by atoms with van der Waals surface area (Å²) in [5, 5.41) is 2.64. The molecule has 92 valence electrons. The fraction of sp³-hybridized carbons (Fsp3) is 0.333. The van der Waals surface area contributed by atoms with Crippen molar-refractivity contribution in [2.45, 2.75) is 18.1 Å². The van der Waals surface area contributed by atoms with Crippen molar-refractivity contribution in [1.29, 1.82) is 0 Å². The second kappa shape index (κ2) is 6.96. The molecule has 0 bridgehead atoms. The Bertz CT molecular complexity index is 381. The maximum absolute atomic E-state index is 11.2. The number of carbonyl (C=O) groups excluding carboxylic acids is 2. The van der Waals surface area contributed by atoms with Gasteiger partial charge in [0.05, 0.1) is 0 Å². The van der Waals surface area contributed by atoms with Crippen molar-refractivity contribution in [3.05, 3.63) is 35.9 Å². The molecule has 1 aromatic rings. The highest BCUT2D eigenvalue weighted by Gasteiger charge is 2.08. The third kappa shape index (κ3) is 5.97. The van der Waals surface area contributed by atoms with E-state index in [2.05, 4.69) is 17.9 Å². The molecule has 3 N–H and O–H groups in total. The van der Waals surface area contributed by atoms with Gasteiger partial charge in [0.1, 0.15) is 6.42 Å². The van der Waals surface area contributed by atoms with Gasteiger partial charge in [-0.15, -0.1) is 0 Å². The molecule has 5 heteroatoms. The van der Waals surface area contributed by atoms with Crippen LogP contribution in [0.3, 0.4) is 0 Å². The van der Waals surface area contributed by atoms with E-state index in [1.165, 1.54) is 0 Å². The Kier molecular flexibility index (Phi) is 5.56. The molecule has 2 amide bonds. The van der Waals surface area contributed by atoms with Gasteiger partial charge in [-0.3, -0.25) is 9.59 Å². The monoisotopic (exact) mass is 252 g/mol. The summed E-state index contributed by atoms with van der Waals surface area (Å²) in [7, 11) is 0. The number of benzene rings is 1. The molecule has 0 radical (unpaired) electrons. The number of nitrogens with one attached hydrogen (secondary N) is 1. The summed E-state index contributed by atoms with van der Waals surface area (Å²) < 4.78 is 0. The molecular weight excluding hydrogens is 236 g/mol. The largest absolute Gasteiger partial charge is 0.369 e. The van der Waals surface area contributed by atoms with Gasteiger partial charge in [0.2, 0.25) is 11.8 Å². The molecule has 0 aliphatic heterocycles. The zero-order valence-electron chi connectivity index (χ0n) is 9.43. The number of amides is 2. The summed E-state index contributed by atoms with van der Waals surface area (Å²) in [6.07, 6.45) is 0.493. The summed E-state index contributed by atoms with van der Waals surface area (Å²) in [6, 6.07) is 9.89. The minimum atomic E-state index is -0.624. The lowest BCUT2D eigenvalue weighted by Gasteiger charge is -2.11. The first-order valence-corrected chi connectivity index (χ1v) is 5.86. The van der Waals surface area contributed by atoms with Gasteiger partial charge < -0.3 is 11.1 Å². The molecule has 0 aromatic heterocycles. The van der Waals surface area contributed by atoms with Crippen molar-refractivity contribution in [1.82, 2.24) is 5.32 Å². The highest BCUT2D eigenvalue weighted by atomic mass is 32.1. The standard InChI is InChI=1S/C12H16N2O2S/c13-11(15)7-12(16)14-8-10(17)6-9-4-2-1-3-5-9/h1-5,10,17H,6-8H2,(H2,13,15)(H,14,16)/t10-/m0/s1. The molecule has 0 spiro atoms. The van der Waals surface area contributed by atoms with Crippen LogP contribution in [0, 0.1) is 0 Å². The molecule has 0 fully saturated rings. The maximum atomic E-state index is 11.2. The Morgan fingerprint density at radius 2 is 1.94 bits per heavy atom. The average molecular weight is 252 g/mol. The molecule has 4 nitrogen and oxygen atoms in total. The number of hydrogen-bond acceptors (Lipinski definition) is 3. The first kappa shape index (κ1) is 13.6. The maximum Gasteiger partial charge on any atom is 0.229 e. The van der Waals surface area contributed by atoms with Crippen molar-refractivity contribution < 1.29 is 9.59 Å². The highest BCUT2D eigenvalue weighted by molar-refractivity contribution is 7.81. The number of primary amides is 1. The average Bonchev–Trinajstić information content (AvgIpc) is 2.27. The van der Waals surface area contributed by atoms with Gasteiger partial charge in [-0.1, -0.05) is 30.3 Å². The van der Waals surface area contributed by atoms with E-state index in [-0.39, 0.29) is 17.6 Å². The summed E-state index contributed by atoms with van der Waals surface area (Å²) in [4.78, 5) is 21.7. The molecule has 17 heavy (non-hydrogen) atoms. The van der Waals surface area contributed by atoms with Gasteiger partial charge in [0.15, 0.2) is 0 Å². The quantitative estimate of drug-likeness (QED) is 0.510. The summed E-state index contributed by atoms with van der Waals surface area (Å²) >= 11 is 4.38. The zero-order valence-corrected chi connectivity index (χ0v) is 10.3. The Morgan fingerprint density at radius 1 is 1.29 bits per heavy atom. The number of nitrogens with two attached hydrogens (primary N) is 1. The smallest absolute Gasteiger partial charge is 0.229 e. The van der Waals surface area contributed by atoms with Gasteiger partial charge >= 0.3 is 0 Å². The lowest BCUT2D eigenvalue weighted by molar-refractivity contribution is -0.127. The van der Waals surface area contributed by atoms with Crippen molar-refractivity contribution in [3.8, 4) is 0 Å². The first-order valence-electron chi connectivity index (χ1n) is 5.35. The Morgan fingerprint density at radius 3 is 2.53 bits per heavy atom. The van der Waals surface area contributed by atoms with Gasteiger partial charge in [-0.2, -0.15) is 12.6 Å². The zero-order chi connectivity index (χ0) is 12.7.